The van der Waals surface area contributed by atoms with Crippen LogP contribution in [0.25, 0.3) is 0 Å². The number of rotatable bonds is 64. The first-order valence-corrected chi connectivity index (χ1v) is 44.0. The van der Waals surface area contributed by atoms with Crippen LogP contribution in [0.3, 0.4) is 0 Å². The van der Waals surface area contributed by atoms with Gasteiger partial charge in [-0.1, -0.05) is 432 Å². The minimum Gasteiger partial charge on any atom is -1.00 e. The van der Waals surface area contributed by atoms with Gasteiger partial charge in [0.1, 0.15) is 26.2 Å². The summed E-state index contributed by atoms with van der Waals surface area (Å²) in [5.41, 5.74) is 5.84. The van der Waals surface area contributed by atoms with Gasteiger partial charge in [-0.15, -0.1) is 0 Å². The minimum absolute atomic E-state index is 0. The first-order valence-electron chi connectivity index (χ1n) is 44.0. The maximum atomic E-state index is 2.37. The van der Waals surface area contributed by atoms with Crippen LogP contribution in [0.15, 0.2) is 121 Å². The lowest BCUT2D eigenvalue weighted by Gasteiger charge is -2.30. The Morgan fingerprint density at radius 3 is 0.375 bits per heavy atom. The van der Waals surface area contributed by atoms with Gasteiger partial charge in [-0.3, -0.25) is 0 Å². The summed E-state index contributed by atoms with van der Waals surface area (Å²) in [5.74, 6) is 0. The molecule has 0 saturated heterocycles. The Labute approximate surface area is 676 Å². The first kappa shape index (κ1) is 108. The summed E-state index contributed by atoms with van der Waals surface area (Å²) in [6, 6.07) is 43.7. The summed E-state index contributed by atoms with van der Waals surface area (Å²) < 4.78 is 4.45. The van der Waals surface area contributed by atoms with Crippen LogP contribution in [0, 0.1) is 0 Å². The normalized spacial score (nSPS) is 11.3. The van der Waals surface area contributed by atoms with Gasteiger partial charge in [-0.05, 0) is 51.4 Å². The molecular weight excluding hydrogens is 1350 g/mol. The lowest BCUT2D eigenvalue weighted by Crippen LogP contribution is -3.00. The topological polar surface area (TPSA) is 0 Å². The average Bonchev–Trinajstić information content (AvgIpc) is 0.959. The second kappa shape index (κ2) is 77.6. The molecule has 0 atom stereocenters. The zero-order chi connectivity index (χ0) is 72.9. The van der Waals surface area contributed by atoms with Crippen molar-refractivity contribution in [3.63, 3.8) is 0 Å². The van der Waals surface area contributed by atoms with Gasteiger partial charge in [0.05, 0.1) is 82.6 Å². The van der Waals surface area contributed by atoms with Crippen molar-refractivity contribution >= 4 is 0 Å². The number of nitrogens with zero attached hydrogens (tertiary/aromatic N) is 4. The number of unbranched alkanes of at least 4 members (excludes halogenated alkanes) is 48. The average molecular weight is 1530 g/mol. The molecule has 0 aliphatic heterocycles. The molecule has 0 aliphatic rings. The molecule has 0 radical (unpaired) electrons. The summed E-state index contributed by atoms with van der Waals surface area (Å²) in [6.45, 7) is 19.0. The molecule has 0 unspecified atom stereocenters. The summed E-state index contributed by atoms with van der Waals surface area (Å²) >= 11 is 0. The highest BCUT2D eigenvalue weighted by Gasteiger charge is 2.18. The van der Waals surface area contributed by atoms with E-state index in [2.05, 4.69) is 205 Å². The van der Waals surface area contributed by atoms with Gasteiger partial charge in [-0.25, -0.2) is 0 Å². The molecule has 0 N–H and O–H groups in total. The largest absolute Gasteiger partial charge is 1.00 e. The molecule has 0 spiro atoms. The third-order valence-corrected chi connectivity index (χ3v) is 21.3. The van der Waals surface area contributed by atoms with Crippen molar-refractivity contribution in [3.8, 4) is 0 Å². The van der Waals surface area contributed by atoms with Gasteiger partial charge in [0.15, 0.2) is 0 Å². The molecule has 4 nitrogen and oxygen atoms in total. The molecule has 104 heavy (non-hydrogen) atoms. The van der Waals surface area contributed by atoms with Crippen molar-refractivity contribution in [2.75, 3.05) is 82.6 Å². The maximum absolute atomic E-state index is 2.37. The number of benzene rings is 4. The van der Waals surface area contributed by atoms with Gasteiger partial charge in [0.25, 0.3) is 0 Å². The molecule has 0 fully saturated rings. The van der Waals surface area contributed by atoms with Crippen LogP contribution in [0.4, 0.5) is 0 Å². The lowest BCUT2D eigenvalue weighted by molar-refractivity contribution is -0.903. The highest BCUT2D eigenvalue weighted by molar-refractivity contribution is 5.15. The van der Waals surface area contributed by atoms with Gasteiger partial charge >= 0.3 is 0 Å². The van der Waals surface area contributed by atoms with E-state index in [0.717, 1.165) is 44.1 Å². The van der Waals surface area contributed by atoms with Crippen molar-refractivity contribution in [2.24, 2.45) is 0 Å². The van der Waals surface area contributed by atoms with Crippen LogP contribution >= 0.6 is 0 Å². The molecule has 608 valence electrons. The quantitative estimate of drug-likeness (QED) is 0.0305. The molecule has 8 heteroatoms. The van der Waals surface area contributed by atoms with E-state index in [9.17, 15) is 0 Å². The van der Waals surface area contributed by atoms with E-state index in [4.69, 9.17) is 0 Å². The Bertz CT molecular complexity index is 2240. The van der Waals surface area contributed by atoms with Gasteiger partial charge < -0.3 is 67.6 Å². The highest BCUT2D eigenvalue weighted by atomic mass is 35.5. The fourth-order valence-electron chi connectivity index (χ4n) is 14.9. The van der Waals surface area contributed by atoms with Crippen molar-refractivity contribution in [2.45, 2.75) is 388 Å². The summed E-state index contributed by atoms with van der Waals surface area (Å²) in [4.78, 5) is 0. The maximum Gasteiger partial charge on any atom is 0.104 e. The SMILES string of the molecule is CCCCCCCCCCCCCCCCCC[N+](C)(C)Cc1ccccc1.CCCCCCCCCCCCCCCC[N+](C)(C)Cc1ccccc1.CCCCCCCCCCCCCC[N+](C)(C)Cc1ccccc1.CCCCCCCCCCCC[N+](C)(C)Cc1ccccc1.[Cl-].[Cl-].[Cl-].[Cl-]. The van der Waals surface area contributed by atoms with Crippen LogP contribution in [-0.2, 0) is 26.2 Å². The van der Waals surface area contributed by atoms with E-state index < -0.39 is 0 Å². The molecule has 0 amide bonds. The van der Waals surface area contributed by atoms with E-state index in [1.165, 1.54) is 382 Å². The van der Waals surface area contributed by atoms with Crippen LogP contribution in [0.5, 0.6) is 0 Å². The zero-order valence-corrected chi connectivity index (χ0v) is 74.3. The Balaban J connectivity index is -0.000000635. The Hall–Kier alpha value is -2.12. The number of hydrogen-bond donors (Lipinski definition) is 0. The van der Waals surface area contributed by atoms with Crippen molar-refractivity contribution < 1.29 is 67.6 Å². The molecule has 0 heterocycles. The first-order chi connectivity index (χ1) is 48.6. The van der Waals surface area contributed by atoms with Crippen molar-refractivity contribution in [3.05, 3.63) is 144 Å². The molecule has 4 aromatic rings. The Morgan fingerprint density at radius 2 is 0.260 bits per heavy atom. The number of quaternary nitrogens is 4. The monoisotopic (exact) mass is 1530 g/mol. The standard InChI is InChI=1S/C27H50N.C25H46N.C23H42N.C21H38N.4ClH/c1-4-5-6-7-8-9-10-11-12-13-14-15-16-17-18-22-25-28(2,3)26-27-23-20-19-21-24-27;1-4-5-6-7-8-9-10-11-12-13-14-15-16-20-23-26(2,3)24-25-21-18-17-19-22-25;1-4-5-6-7-8-9-10-11-12-13-14-18-21-24(2,3)22-23-19-16-15-17-20-23;1-4-5-6-7-8-9-10-11-12-16-19-22(2,3)20-21-17-14-13-15-18-21;;;;/h19-21,23-24H,4-18,22,25-26H2,1-3H3;17-19,21-22H,4-16,20,23-24H2,1-3H3;15-17,19-20H,4-14,18,21-22H2,1-3H3;13-15,17-18H,4-12,16,19-20H2,1-3H3;4*1H/q4*+1;;;;/p-4. The Morgan fingerprint density at radius 1 is 0.154 bits per heavy atom. The molecule has 0 bridgehead atoms. The predicted molar refractivity (Wildman–Crippen MR) is 451 cm³/mol. The van der Waals surface area contributed by atoms with Crippen LogP contribution in [-0.4, -0.2) is 100 Å². The van der Waals surface area contributed by atoms with Gasteiger partial charge in [0.2, 0.25) is 0 Å². The fourth-order valence-corrected chi connectivity index (χ4v) is 14.9. The molecule has 4 aromatic carbocycles. The second-order valence-electron chi connectivity index (χ2n) is 34.2. The fraction of sp³-hybridized carbons (Fsp3) is 0.750. The van der Waals surface area contributed by atoms with E-state index in [1.807, 2.05) is 0 Å². The molecular formula is C96H176Cl4N4. The smallest absolute Gasteiger partial charge is 0.104 e. The Kier molecular flexibility index (Phi) is 80.8. The molecule has 0 aromatic heterocycles. The van der Waals surface area contributed by atoms with Crippen LogP contribution < -0.4 is 49.6 Å². The van der Waals surface area contributed by atoms with Gasteiger partial charge in [-0.2, -0.15) is 0 Å². The van der Waals surface area contributed by atoms with Crippen molar-refractivity contribution in [1.29, 1.82) is 0 Å². The van der Waals surface area contributed by atoms with E-state index >= 15 is 0 Å². The van der Waals surface area contributed by atoms with E-state index in [0.29, 0.717) is 0 Å². The third-order valence-electron chi connectivity index (χ3n) is 21.3. The zero-order valence-electron chi connectivity index (χ0n) is 71.3. The molecule has 0 saturated carbocycles. The summed E-state index contributed by atoms with van der Waals surface area (Å²) in [6.07, 6.45) is 74.8. The van der Waals surface area contributed by atoms with Crippen LogP contribution in [0.1, 0.15) is 384 Å². The molecule has 0 aliphatic carbocycles. The summed E-state index contributed by atoms with van der Waals surface area (Å²) in [7, 11) is 18.9. The van der Waals surface area contributed by atoms with Gasteiger partial charge in [0, 0.05) is 22.3 Å². The number of hydrogen-bond acceptors (Lipinski definition) is 0. The highest BCUT2D eigenvalue weighted by Crippen LogP contribution is 2.21. The third kappa shape index (κ3) is 75.3. The van der Waals surface area contributed by atoms with E-state index in [-0.39, 0.29) is 49.6 Å². The van der Waals surface area contributed by atoms with E-state index in [1.54, 1.807) is 0 Å². The predicted octanol–water partition coefficient (Wildman–Crippen LogP) is 17.4. The number of halogens is 4. The minimum atomic E-state index is 0. The van der Waals surface area contributed by atoms with Crippen molar-refractivity contribution in [1.82, 2.24) is 0 Å². The van der Waals surface area contributed by atoms with Crippen LogP contribution in [0.2, 0.25) is 0 Å². The lowest BCUT2D eigenvalue weighted by atomic mass is 10.0. The molecule has 4 rings (SSSR count). The second-order valence-corrected chi connectivity index (χ2v) is 34.2. The summed E-state index contributed by atoms with van der Waals surface area (Å²) in [5, 5.41) is 0.